The van der Waals surface area contributed by atoms with Gasteiger partial charge >= 0.3 is 0 Å². The van der Waals surface area contributed by atoms with E-state index >= 15 is 0 Å². The molecule has 1 aromatic rings. The van der Waals surface area contributed by atoms with Crippen molar-refractivity contribution in [1.82, 2.24) is 0 Å². The smallest absolute Gasteiger partial charge is 0.210 e. The lowest BCUT2D eigenvalue weighted by Gasteiger charge is -2.07. The summed E-state index contributed by atoms with van der Waals surface area (Å²) in [6, 6.07) is 6.81. The molecule has 1 aliphatic heterocycles. The Hall–Kier alpha value is -0.810. The number of hydrogen-bond acceptors (Lipinski definition) is 4. The van der Waals surface area contributed by atoms with Crippen molar-refractivity contribution >= 4 is 26.1 Å². The summed E-state index contributed by atoms with van der Waals surface area (Å²) in [6.45, 7) is 0. The first-order valence-electron chi connectivity index (χ1n) is 3.26. The van der Waals surface area contributed by atoms with Crippen molar-refractivity contribution in [1.29, 1.82) is 0 Å². The Labute approximate surface area is 74.0 Å². The highest BCUT2D eigenvalue weighted by molar-refractivity contribution is 8.71. The molecule has 0 bridgehead atoms. The Morgan fingerprint density at radius 2 is 2.00 bits per heavy atom. The van der Waals surface area contributed by atoms with Gasteiger partial charge in [0.15, 0.2) is 0 Å². The fourth-order valence-corrected chi connectivity index (χ4v) is 3.16. The van der Waals surface area contributed by atoms with Crippen LogP contribution in [0.25, 0.3) is 0 Å². The average molecular weight is 199 g/mol. The monoisotopic (exact) mass is 199 g/mol. The lowest BCUT2D eigenvalue weighted by molar-refractivity contribution is 0.610. The van der Waals surface area contributed by atoms with Crippen LogP contribution in [0.1, 0.15) is 5.56 Å². The third-order valence-corrected chi connectivity index (χ3v) is 4.21. The molecule has 1 heterocycles. The fraction of sp³-hybridized carbons (Fsp3) is 0. The molecule has 1 aliphatic rings. The van der Waals surface area contributed by atoms with Gasteiger partial charge in [-0.2, -0.15) is 0 Å². The first kappa shape index (κ1) is 7.82. The van der Waals surface area contributed by atoms with E-state index in [1.807, 2.05) is 0 Å². The zero-order valence-electron chi connectivity index (χ0n) is 5.97. The Morgan fingerprint density at radius 3 is 2.75 bits per heavy atom. The SMILES string of the molecule is O=S1(=O)SN=Cc2ccccc21. The van der Waals surface area contributed by atoms with Gasteiger partial charge in [0.2, 0.25) is 0 Å². The average Bonchev–Trinajstić information content (AvgIpc) is 2.04. The molecule has 62 valence electrons. The summed E-state index contributed by atoms with van der Waals surface area (Å²) in [6.07, 6.45) is 1.56. The van der Waals surface area contributed by atoms with Crippen LogP contribution in [-0.4, -0.2) is 14.6 Å². The zero-order chi connectivity index (χ0) is 8.60. The molecule has 0 aromatic heterocycles. The molecule has 0 atom stereocenters. The molecule has 0 aliphatic carbocycles. The van der Waals surface area contributed by atoms with Gasteiger partial charge in [-0.1, -0.05) is 18.2 Å². The molecule has 2 rings (SSSR count). The highest BCUT2D eigenvalue weighted by Gasteiger charge is 2.21. The number of benzene rings is 1. The van der Waals surface area contributed by atoms with E-state index in [1.165, 1.54) is 0 Å². The second kappa shape index (κ2) is 2.60. The lowest BCUT2D eigenvalue weighted by Crippen LogP contribution is -2.02. The van der Waals surface area contributed by atoms with Gasteiger partial charge in [0.25, 0.3) is 8.87 Å². The Bertz CT molecular complexity index is 436. The summed E-state index contributed by atoms with van der Waals surface area (Å²) in [5.74, 6) is 0. The summed E-state index contributed by atoms with van der Waals surface area (Å²) < 4.78 is 26.3. The van der Waals surface area contributed by atoms with E-state index in [-0.39, 0.29) is 0 Å². The molecule has 0 saturated carbocycles. The minimum atomic E-state index is -3.22. The maximum atomic E-state index is 11.3. The van der Waals surface area contributed by atoms with Crippen molar-refractivity contribution in [2.24, 2.45) is 4.40 Å². The molecule has 1 aromatic carbocycles. The third-order valence-electron chi connectivity index (χ3n) is 1.52. The topological polar surface area (TPSA) is 46.5 Å². The van der Waals surface area contributed by atoms with Crippen molar-refractivity contribution in [2.75, 3.05) is 0 Å². The third kappa shape index (κ3) is 1.15. The Kier molecular flexibility index (Phi) is 1.69. The summed E-state index contributed by atoms with van der Waals surface area (Å²) >= 11 is 0. The van der Waals surface area contributed by atoms with Gasteiger partial charge in [0.05, 0.1) is 4.90 Å². The van der Waals surface area contributed by atoms with Gasteiger partial charge in [-0.25, -0.2) is 12.8 Å². The number of rotatable bonds is 0. The van der Waals surface area contributed by atoms with Crippen LogP contribution < -0.4 is 0 Å². The fourth-order valence-electron chi connectivity index (χ4n) is 0.990. The molecular formula is C7H5NO2S2. The molecule has 0 amide bonds. The maximum absolute atomic E-state index is 11.3. The van der Waals surface area contributed by atoms with Gasteiger partial charge in [0, 0.05) is 11.8 Å². The molecule has 0 unspecified atom stereocenters. The molecule has 0 N–H and O–H groups in total. The molecular weight excluding hydrogens is 194 g/mol. The molecule has 0 radical (unpaired) electrons. The molecule has 0 spiro atoms. The van der Waals surface area contributed by atoms with Crippen molar-refractivity contribution in [2.45, 2.75) is 4.90 Å². The van der Waals surface area contributed by atoms with Crippen LogP contribution in [0.5, 0.6) is 0 Å². The van der Waals surface area contributed by atoms with Gasteiger partial charge < -0.3 is 0 Å². The van der Waals surface area contributed by atoms with Crippen LogP contribution in [0.4, 0.5) is 0 Å². The van der Waals surface area contributed by atoms with E-state index in [0.717, 1.165) is 0 Å². The summed E-state index contributed by atoms with van der Waals surface area (Å²) in [4.78, 5) is 0.352. The number of nitrogens with zero attached hydrogens (tertiary/aromatic N) is 1. The minimum absolute atomic E-state index is 0.352. The maximum Gasteiger partial charge on any atom is 0.251 e. The molecule has 0 saturated heterocycles. The number of fused-ring (bicyclic) bond motifs is 1. The lowest BCUT2D eigenvalue weighted by atomic mass is 10.2. The van der Waals surface area contributed by atoms with Gasteiger partial charge in [-0.3, -0.25) is 0 Å². The molecule has 12 heavy (non-hydrogen) atoms. The van der Waals surface area contributed by atoms with E-state index in [1.54, 1.807) is 30.5 Å². The highest BCUT2D eigenvalue weighted by atomic mass is 33.1. The molecule has 5 heteroatoms. The van der Waals surface area contributed by atoms with E-state index in [0.29, 0.717) is 21.4 Å². The van der Waals surface area contributed by atoms with E-state index in [9.17, 15) is 8.42 Å². The summed E-state index contributed by atoms with van der Waals surface area (Å²) in [5, 5.41) is 0. The second-order valence-electron chi connectivity index (χ2n) is 2.30. The van der Waals surface area contributed by atoms with Crippen LogP contribution in [0, 0.1) is 0 Å². The first-order chi connectivity index (χ1) is 5.70. The normalized spacial score (nSPS) is 18.7. The summed E-state index contributed by atoms with van der Waals surface area (Å²) in [7, 11) is -2.62. The van der Waals surface area contributed by atoms with Crippen molar-refractivity contribution in [3.63, 3.8) is 0 Å². The number of hydrogen-bond donors (Lipinski definition) is 0. The Balaban J connectivity index is 2.77. The predicted molar refractivity (Wildman–Crippen MR) is 48.8 cm³/mol. The van der Waals surface area contributed by atoms with E-state index < -0.39 is 8.87 Å². The van der Waals surface area contributed by atoms with Crippen LogP contribution in [0.3, 0.4) is 0 Å². The van der Waals surface area contributed by atoms with Crippen LogP contribution in [0.2, 0.25) is 0 Å². The van der Waals surface area contributed by atoms with E-state index in [2.05, 4.69) is 4.40 Å². The van der Waals surface area contributed by atoms with E-state index in [4.69, 9.17) is 0 Å². The van der Waals surface area contributed by atoms with Crippen molar-refractivity contribution in [3.05, 3.63) is 29.8 Å². The van der Waals surface area contributed by atoms with Gasteiger partial charge in [0.1, 0.15) is 11.0 Å². The van der Waals surface area contributed by atoms with Crippen molar-refractivity contribution in [3.8, 4) is 0 Å². The van der Waals surface area contributed by atoms with Crippen LogP contribution >= 0.6 is 11.0 Å². The van der Waals surface area contributed by atoms with Crippen LogP contribution in [0.15, 0.2) is 33.6 Å². The van der Waals surface area contributed by atoms with Gasteiger partial charge in [-0.05, 0) is 6.07 Å². The van der Waals surface area contributed by atoms with Gasteiger partial charge in [-0.15, -0.1) is 0 Å². The summed E-state index contributed by atoms with van der Waals surface area (Å²) in [5.41, 5.74) is 0.663. The van der Waals surface area contributed by atoms with Crippen LogP contribution in [-0.2, 0) is 8.87 Å². The zero-order valence-corrected chi connectivity index (χ0v) is 7.60. The second-order valence-corrected chi connectivity index (χ2v) is 5.77. The largest absolute Gasteiger partial charge is 0.251 e. The Morgan fingerprint density at radius 1 is 1.25 bits per heavy atom. The van der Waals surface area contributed by atoms with Crippen molar-refractivity contribution < 1.29 is 8.42 Å². The molecule has 3 nitrogen and oxygen atoms in total. The minimum Gasteiger partial charge on any atom is -0.210 e. The highest BCUT2D eigenvalue weighted by Crippen LogP contribution is 2.29. The predicted octanol–water partition coefficient (Wildman–Crippen LogP) is 1.46. The quantitative estimate of drug-likeness (QED) is 0.469. The standard InChI is InChI=1S/C7H5NO2S2/c9-12(10)7-4-2-1-3-6(7)5-8-11-12/h1-5H. The molecule has 0 fully saturated rings. The first-order valence-corrected chi connectivity index (χ1v) is 6.03.